The molecule has 2 heterocycles. The largest absolute Gasteiger partial charge is 0.478 e. The van der Waals surface area contributed by atoms with E-state index in [1.807, 2.05) is 6.92 Å². The van der Waals surface area contributed by atoms with E-state index in [2.05, 4.69) is 36.9 Å². The summed E-state index contributed by atoms with van der Waals surface area (Å²) in [5.74, 6) is -0.827. The molecule has 2 rings (SSSR count). The Bertz CT molecular complexity index is 676. The summed E-state index contributed by atoms with van der Waals surface area (Å²) >= 11 is 0. The number of oxazole rings is 1. The van der Waals surface area contributed by atoms with Gasteiger partial charge in [-0.25, -0.2) is 14.6 Å². The first-order valence-corrected chi connectivity index (χ1v) is 8.93. The fourth-order valence-corrected chi connectivity index (χ4v) is 2.39. The zero-order chi connectivity index (χ0) is 20.4. The molecule has 2 N–H and O–H groups in total. The Hall–Kier alpha value is -2.61. The molecule has 0 bridgehead atoms. The van der Waals surface area contributed by atoms with Gasteiger partial charge in [0.25, 0.3) is 0 Å². The molecule has 1 aromatic rings. The highest BCUT2D eigenvalue weighted by molar-refractivity contribution is 5.89. The van der Waals surface area contributed by atoms with Crippen LogP contribution in [-0.4, -0.2) is 58.8 Å². The van der Waals surface area contributed by atoms with E-state index in [4.69, 9.17) is 19.4 Å². The summed E-state index contributed by atoms with van der Waals surface area (Å²) in [6.45, 7) is 8.88. The number of rotatable bonds is 7. The van der Waals surface area contributed by atoms with Gasteiger partial charge in [-0.1, -0.05) is 19.9 Å². The van der Waals surface area contributed by atoms with Crippen molar-refractivity contribution in [2.24, 2.45) is 0 Å². The Morgan fingerprint density at radius 2 is 1.96 bits per heavy atom. The highest BCUT2D eigenvalue weighted by Crippen LogP contribution is 2.32. The van der Waals surface area contributed by atoms with Crippen molar-refractivity contribution in [1.82, 2.24) is 9.88 Å². The number of carboxylic acid groups (broad SMARTS) is 2. The maximum absolute atomic E-state index is 9.55. The van der Waals surface area contributed by atoms with Gasteiger partial charge in [-0.15, -0.1) is 0 Å². The molecule has 0 aromatic carbocycles. The molecular formula is C19H28N2O6. The topological polar surface area (TPSA) is 113 Å². The number of ether oxygens (including phenoxy) is 1. The summed E-state index contributed by atoms with van der Waals surface area (Å²) in [7, 11) is 2.12. The van der Waals surface area contributed by atoms with Crippen LogP contribution in [0, 0.1) is 0 Å². The second-order valence-corrected chi connectivity index (χ2v) is 6.20. The van der Waals surface area contributed by atoms with Crippen LogP contribution < -0.4 is 4.74 Å². The van der Waals surface area contributed by atoms with E-state index in [1.165, 1.54) is 5.57 Å². The standard InChI is InChI=1S/C15H24N2O2.C4H4O4/c1-5-11(3)13-15(18-6-2)19-14(16-13)12-8-7-9-17(4)10-12;5-3(6)1-2-4(7)8/h8,11H,5-7,9-10H2,1-4H3;1-2H,(H,5,6)(H,7,8)/t11-;/m0./s1. The van der Waals surface area contributed by atoms with Gasteiger partial charge in [0.1, 0.15) is 5.69 Å². The van der Waals surface area contributed by atoms with Gasteiger partial charge < -0.3 is 24.3 Å². The SMILES string of the molecule is CCOc1oc(C2=CCCN(C)C2)nc1[C@@H](C)CC.O=C(O)C=CC(=O)O. The molecule has 0 amide bonds. The van der Waals surface area contributed by atoms with Crippen molar-refractivity contribution >= 4 is 17.5 Å². The third-order valence-electron chi connectivity index (χ3n) is 3.96. The van der Waals surface area contributed by atoms with Gasteiger partial charge in [0.05, 0.1) is 6.61 Å². The smallest absolute Gasteiger partial charge is 0.328 e. The number of hydrogen-bond acceptors (Lipinski definition) is 6. The van der Waals surface area contributed by atoms with Crippen LogP contribution in [-0.2, 0) is 9.59 Å². The zero-order valence-corrected chi connectivity index (χ0v) is 16.3. The normalized spacial score (nSPS) is 15.6. The lowest BCUT2D eigenvalue weighted by atomic mass is 10.1. The number of carboxylic acids is 2. The third-order valence-corrected chi connectivity index (χ3v) is 3.96. The molecule has 150 valence electrons. The number of aliphatic carboxylic acids is 2. The number of hydrogen-bond donors (Lipinski definition) is 2. The van der Waals surface area contributed by atoms with Gasteiger partial charge >= 0.3 is 17.9 Å². The maximum atomic E-state index is 9.55. The van der Waals surface area contributed by atoms with Crippen LogP contribution >= 0.6 is 0 Å². The predicted octanol–water partition coefficient (Wildman–Crippen LogP) is 3.02. The fraction of sp³-hybridized carbons (Fsp3) is 0.526. The lowest BCUT2D eigenvalue weighted by Crippen LogP contribution is -2.25. The molecule has 0 fully saturated rings. The molecule has 27 heavy (non-hydrogen) atoms. The van der Waals surface area contributed by atoms with Crippen LogP contribution in [0.4, 0.5) is 0 Å². The average Bonchev–Trinajstić information content (AvgIpc) is 3.04. The summed E-state index contributed by atoms with van der Waals surface area (Å²) < 4.78 is 11.4. The van der Waals surface area contributed by atoms with Crippen molar-refractivity contribution in [3.8, 4) is 5.95 Å². The highest BCUT2D eigenvalue weighted by Gasteiger charge is 2.22. The monoisotopic (exact) mass is 380 g/mol. The van der Waals surface area contributed by atoms with Gasteiger partial charge in [-0.2, -0.15) is 0 Å². The Morgan fingerprint density at radius 3 is 2.44 bits per heavy atom. The van der Waals surface area contributed by atoms with Gasteiger partial charge in [0.2, 0.25) is 5.89 Å². The Labute approximate surface area is 159 Å². The van der Waals surface area contributed by atoms with Gasteiger partial charge in [-0.05, 0) is 26.8 Å². The summed E-state index contributed by atoms with van der Waals surface area (Å²) in [6, 6.07) is 0. The third kappa shape index (κ3) is 7.65. The maximum Gasteiger partial charge on any atom is 0.328 e. The van der Waals surface area contributed by atoms with Crippen LogP contribution in [0.2, 0.25) is 0 Å². The van der Waals surface area contributed by atoms with E-state index in [1.54, 1.807) is 0 Å². The molecule has 0 saturated heterocycles. The predicted molar refractivity (Wildman–Crippen MR) is 101 cm³/mol. The van der Waals surface area contributed by atoms with Gasteiger partial charge in [0, 0.05) is 36.7 Å². The van der Waals surface area contributed by atoms with Crippen molar-refractivity contribution in [2.45, 2.75) is 39.5 Å². The minimum atomic E-state index is -1.26. The van der Waals surface area contributed by atoms with E-state index >= 15 is 0 Å². The molecule has 8 heteroatoms. The van der Waals surface area contributed by atoms with Gasteiger partial charge in [0.15, 0.2) is 0 Å². The summed E-state index contributed by atoms with van der Waals surface area (Å²) in [5.41, 5.74) is 2.12. The summed E-state index contributed by atoms with van der Waals surface area (Å²) in [4.78, 5) is 26.1. The van der Waals surface area contributed by atoms with Crippen molar-refractivity contribution in [3.05, 3.63) is 29.8 Å². The number of aromatic nitrogens is 1. The molecule has 0 radical (unpaired) electrons. The number of nitrogens with zero attached hydrogens (tertiary/aromatic N) is 2. The van der Waals surface area contributed by atoms with Crippen molar-refractivity contribution in [2.75, 3.05) is 26.7 Å². The van der Waals surface area contributed by atoms with Crippen LogP contribution in [0.1, 0.15) is 51.1 Å². The second-order valence-electron chi connectivity index (χ2n) is 6.20. The van der Waals surface area contributed by atoms with Gasteiger partial charge in [-0.3, -0.25) is 0 Å². The van der Waals surface area contributed by atoms with Crippen LogP contribution in [0.5, 0.6) is 5.95 Å². The summed E-state index contributed by atoms with van der Waals surface area (Å²) in [6.07, 6.45) is 5.43. The van der Waals surface area contributed by atoms with E-state index in [-0.39, 0.29) is 0 Å². The average molecular weight is 380 g/mol. The Kier molecular flexibility index (Phi) is 9.29. The first kappa shape index (κ1) is 22.4. The van der Waals surface area contributed by atoms with Crippen molar-refractivity contribution < 1.29 is 29.0 Å². The fourth-order valence-electron chi connectivity index (χ4n) is 2.39. The molecule has 0 unspecified atom stereocenters. The first-order valence-electron chi connectivity index (χ1n) is 8.93. The highest BCUT2D eigenvalue weighted by atomic mass is 16.6. The molecule has 1 aliphatic rings. The molecule has 8 nitrogen and oxygen atoms in total. The molecule has 1 aromatic heterocycles. The lowest BCUT2D eigenvalue weighted by molar-refractivity contribution is -0.134. The number of carbonyl (C=O) groups is 2. The molecule has 1 aliphatic heterocycles. The van der Waals surface area contributed by atoms with Crippen molar-refractivity contribution in [1.29, 1.82) is 0 Å². The molecule has 0 saturated carbocycles. The summed E-state index contributed by atoms with van der Waals surface area (Å²) in [5, 5.41) is 15.6. The molecule has 1 atom stereocenters. The minimum Gasteiger partial charge on any atom is -0.478 e. The van der Waals surface area contributed by atoms with E-state index in [0.717, 1.165) is 37.5 Å². The molecule has 0 aliphatic carbocycles. The van der Waals surface area contributed by atoms with E-state index in [0.29, 0.717) is 30.6 Å². The Morgan fingerprint density at radius 1 is 1.33 bits per heavy atom. The first-order chi connectivity index (χ1) is 12.8. The van der Waals surface area contributed by atoms with Crippen LogP contribution in [0.25, 0.3) is 5.57 Å². The number of likely N-dealkylation sites (N-methyl/N-ethyl adjacent to an activating group) is 1. The quantitative estimate of drug-likeness (QED) is 0.694. The Balaban J connectivity index is 0.000000387. The second kappa shape index (κ2) is 11.2. The minimum absolute atomic E-state index is 0.362. The van der Waals surface area contributed by atoms with E-state index < -0.39 is 11.9 Å². The van der Waals surface area contributed by atoms with E-state index in [9.17, 15) is 9.59 Å². The van der Waals surface area contributed by atoms with Crippen LogP contribution in [0.15, 0.2) is 22.6 Å². The van der Waals surface area contributed by atoms with Crippen LogP contribution in [0.3, 0.4) is 0 Å². The molecular weight excluding hydrogens is 352 g/mol. The lowest BCUT2D eigenvalue weighted by Gasteiger charge is -2.20. The van der Waals surface area contributed by atoms with Crippen molar-refractivity contribution in [3.63, 3.8) is 0 Å². The zero-order valence-electron chi connectivity index (χ0n) is 16.3. The molecule has 0 spiro atoms.